The zero-order valence-electron chi connectivity index (χ0n) is 14.8. The minimum atomic E-state index is -0.788. The third kappa shape index (κ3) is 6.36. The number of halogens is 2. The standard InChI is InChI=1S/C19H19Cl2N3O3/c1-12(10-17(25)22-16-9-8-14(20)11-15(16)21)23-24-19(26)18(27-2)13-6-4-3-5-7-13/h3-9,11,18H,10H2,1-2H3,(H,22,25)(H,24,26). The van der Waals surface area contributed by atoms with Gasteiger partial charge in [0.1, 0.15) is 0 Å². The Morgan fingerprint density at radius 2 is 1.85 bits per heavy atom. The number of ether oxygens (including phenoxy) is 1. The fraction of sp³-hybridized carbons (Fsp3) is 0.211. The number of nitrogens with one attached hydrogen (secondary N) is 2. The van der Waals surface area contributed by atoms with Gasteiger partial charge >= 0.3 is 0 Å². The topological polar surface area (TPSA) is 79.8 Å². The van der Waals surface area contributed by atoms with Crippen LogP contribution in [0.5, 0.6) is 0 Å². The molecule has 1 atom stereocenters. The first-order valence-electron chi connectivity index (χ1n) is 8.06. The molecule has 0 fully saturated rings. The first-order chi connectivity index (χ1) is 12.9. The first kappa shape index (κ1) is 20.9. The SMILES string of the molecule is COC(C(=O)NN=C(C)CC(=O)Nc1ccc(Cl)cc1Cl)c1ccccc1. The van der Waals surface area contributed by atoms with Crippen molar-refractivity contribution in [2.24, 2.45) is 5.10 Å². The predicted molar refractivity (Wildman–Crippen MR) is 107 cm³/mol. The molecule has 142 valence electrons. The molecule has 0 bridgehead atoms. The molecular weight excluding hydrogens is 389 g/mol. The molecule has 2 N–H and O–H groups in total. The molecule has 0 radical (unpaired) electrons. The number of rotatable bonds is 7. The van der Waals surface area contributed by atoms with Crippen LogP contribution in [0.25, 0.3) is 0 Å². The predicted octanol–water partition coefficient (Wildman–Crippen LogP) is 4.20. The summed E-state index contributed by atoms with van der Waals surface area (Å²) in [5.41, 5.74) is 4.00. The lowest BCUT2D eigenvalue weighted by atomic mass is 10.1. The van der Waals surface area contributed by atoms with Gasteiger partial charge in [-0.2, -0.15) is 5.10 Å². The van der Waals surface area contributed by atoms with Crippen LogP contribution >= 0.6 is 23.2 Å². The molecule has 2 rings (SSSR count). The van der Waals surface area contributed by atoms with Gasteiger partial charge in [0, 0.05) is 17.8 Å². The fourth-order valence-electron chi connectivity index (χ4n) is 2.29. The third-order valence-electron chi connectivity index (χ3n) is 3.55. The Labute approximate surface area is 167 Å². The number of methoxy groups -OCH3 is 1. The summed E-state index contributed by atoms with van der Waals surface area (Å²) in [7, 11) is 1.44. The van der Waals surface area contributed by atoms with E-state index in [0.717, 1.165) is 0 Å². The van der Waals surface area contributed by atoms with Gasteiger partial charge in [-0.25, -0.2) is 5.43 Å². The molecule has 0 aliphatic rings. The van der Waals surface area contributed by atoms with E-state index in [-0.39, 0.29) is 12.3 Å². The van der Waals surface area contributed by atoms with Crippen molar-refractivity contribution < 1.29 is 14.3 Å². The van der Waals surface area contributed by atoms with E-state index in [9.17, 15) is 9.59 Å². The van der Waals surface area contributed by atoms with Crippen LogP contribution in [0.2, 0.25) is 10.0 Å². The van der Waals surface area contributed by atoms with E-state index in [2.05, 4.69) is 15.8 Å². The Kier molecular flexibility index (Phi) is 7.79. The maximum atomic E-state index is 12.3. The van der Waals surface area contributed by atoms with Gasteiger partial charge in [-0.1, -0.05) is 53.5 Å². The normalized spacial score (nSPS) is 12.4. The summed E-state index contributed by atoms with van der Waals surface area (Å²) in [6.45, 7) is 1.63. The molecule has 2 aromatic rings. The van der Waals surface area contributed by atoms with Gasteiger partial charge in [-0.15, -0.1) is 0 Å². The fourth-order valence-corrected chi connectivity index (χ4v) is 2.74. The largest absolute Gasteiger partial charge is 0.367 e. The van der Waals surface area contributed by atoms with E-state index in [1.54, 1.807) is 31.2 Å². The van der Waals surface area contributed by atoms with Crippen molar-refractivity contribution in [3.05, 3.63) is 64.1 Å². The Morgan fingerprint density at radius 1 is 1.15 bits per heavy atom. The minimum Gasteiger partial charge on any atom is -0.367 e. The molecule has 6 nitrogen and oxygen atoms in total. The summed E-state index contributed by atoms with van der Waals surface area (Å²) >= 11 is 11.8. The molecule has 0 spiro atoms. The zero-order chi connectivity index (χ0) is 19.8. The lowest BCUT2D eigenvalue weighted by molar-refractivity contribution is -0.131. The van der Waals surface area contributed by atoms with Crippen LogP contribution in [-0.2, 0) is 14.3 Å². The smallest absolute Gasteiger partial charge is 0.273 e. The second-order valence-electron chi connectivity index (χ2n) is 5.70. The van der Waals surface area contributed by atoms with Crippen molar-refractivity contribution in [3.63, 3.8) is 0 Å². The second kappa shape index (κ2) is 10.1. The minimum absolute atomic E-state index is 0.0117. The van der Waals surface area contributed by atoms with Crippen LogP contribution in [-0.4, -0.2) is 24.6 Å². The monoisotopic (exact) mass is 407 g/mol. The molecule has 2 amide bonds. The molecule has 1 unspecified atom stereocenters. The summed E-state index contributed by atoms with van der Waals surface area (Å²) < 4.78 is 5.23. The van der Waals surface area contributed by atoms with Gasteiger partial charge < -0.3 is 10.1 Å². The van der Waals surface area contributed by atoms with E-state index >= 15 is 0 Å². The summed E-state index contributed by atoms with van der Waals surface area (Å²) in [6, 6.07) is 13.8. The van der Waals surface area contributed by atoms with Crippen LogP contribution in [0.15, 0.2) is 53.6 Å². The van der Waals surface area contributed by atoms with Gasteiger partial charge in [0.05, 0.1) is 17.1 Å². The molecule has 0 saturated carbocycles. The van der Waals surface area contributed by atoms with Crippen molar-refractivity contribution in [1.29, 1.82) is 0 Å². The van der Waals surface area contributed by atoms with E-state index < -0.39 is 12.0 Å². The van der Waals surface area contributed by atoms with Gasteiger partial charge in [0.2, 0.25) is 5.91 Å². The van der Waals surface area contributed by atoms with Crippen molar-refractivity contribution >= 4 is 46.4 Å². The molecule has 0 aromatic heterocycles. The number of hydrogen-bond donors (Lipinski definition) is 2. The number of hydrogen-bond acceptors (Lipinski definition) is 4. The zero-order valence-corrected chi connectivity index (χ0v) is 16.3. The van der Waals surface area contributed by atoms with Gasteiger partial charge in [0.25, 0.3) is 5.91 Å². The number of benzene rings is 2. The van der Waals surface area contributed by atoms with E-state index in [1.165, 1.54) is 13.2 Å². The Hall–Kier alpha value is -2.41. The number of carbonyl (C=O) groups excluding carboxylic acids is 2. The van der Waals surface area contributed by atoms with Crippen LogP contribution < -0.4 is 10.7 Å². The van der Waals surface area contributed by atoms with Gasteiger partial charge in [0.15, 0.2) is 6.10 Å². The number of carbonyl (C=O) groups is 2. The molecule has 0 saturated heterocycles. The maximum Gasteiger partial charge on any atom is 0.273 e. The van der Waals surface area contributed by atoms with Crippen molar-refractivity contribution in [3.8, 4) is 0 Å². The van der Waals surface area contributed by atoms with Crippen molar-refractivity contribution in [2.75, 3.05) is 12.4 Å². The Bertz CT molecular complexity index is 841. The van der Waals surface area contributed by atoms with E-state index in [4.69, 9.17) is 27.9 Å². The van der Waals surface area contributed by atoms with Crippen molar-refractivity contribution in [1.82, 2.24) is 5.43 Å². The second-order valence-corrected chi connectivity index (χ2v) is 6.54. The molecule has 2 aromatic carbocycles. The molecule has 0 aliphatic heterocycles. The molecule has 0 heterocycles. The summed E-state index contributed by atoms with van der Waals surface area (Å²) in [5.74, 6) is -0.745. The highest BCUT2D eigenvalue weighted by Gasteiger charge is 2.19. The van der Waals surface area contributed by atoms with Gasteiger partial charge in [-0.3, -0.25) is 9.59 Å². The summed E-state index contributed by atoms with van der Waals surface area (Å²) in [4.78, 5) is 24.4. The van der Waals surface area contributed by atoms with Crippen LogP contribution in [0.4, 0.5) is 5.69 Å². The number of nitrogens with zero attached hydrogens (tertiary/aromatic N) is 1. The highest BCUT2D eigenvalue weighted by molar-refractivity contribution is 6.36. The molecule has 0 aliphatic carbocycles. The Balaban J connectivity index is 1.92. The molecular formula is C19H19Cl2N3O3. The van der Waals surface area contributed by atoms with Gasteiger partial charge in [-0.05, 0) is 30.7 Å². The lowest BCUT2D eigenvalue weighted by Gasteiger charge is -2.14. The van der Waals surface area contributed by atoms with Crippen LogP contribution in [0.3, 0.4) is 0 Å². The summed E-state index contributed by atoms with van der Waals surface area (Å²) in [5, 5.41) is 7.44. The Morgan fingerprint density at radius 3 is 2.48 bits per heavy atom. The average molecular weight is 408 g/mol. The average Bonchev–Trinajstić information content (AvgIpc) is 2.64. The quantitative estimate of drug-likeness (QED) is 0.532. The highest BCUT2D eigenvalue weighted by Crippen LogP contribution is 2.25. The lowest BCUT2D eigenvalue weighted by Crippen LogP contribution is -2.28. The first-order valence-corrected chi connectivity index (χ1v) is 8.82. The summed E-state index contributed by atoms with van der Waals surface area (Å²) in [6.07, 6.45) is -0.799. The third-order valence-corrected chi connectivity index (χ3v) is 4.10. The number of hydrazone groups is 1. The van der Waals surface area contributed by atoms with E-state index in [0.29, 0.717) is 27.0 Å². The number of amides is 2. The van der Waals surface area contributed by atoms with Crippen molar-refractivity contribution in [2.45, 2.75) is 19.4 Å². The van der Waals surface area contributed by atoms with Crippen LogP contribution in [0.1, 0.15) is 25.0 Å². The highest BCUT2D eigenvalue weighted by atomic mass is 35.5. The van der Waals surface area contributed by atoms with E-state index in [1.807, 2.05) is 18.2 Å². The maximum absolute atomic E-state index is 12.3. The van der Waals surface area contributed by atoms with Crippen LogP contribution in [0, 0.1) is 0 Å². The molecule has 27 heavy (non-hydrogen) atoms. The number of anilines is 1. The molecule has 8 heteroatoms.